The van der Waals surface area contributed by atoms with Crippen LogP contribution in [0.5, 0.6) is 0 Å². The number of benzene rings is 2. The van der Waals surface area contributed by atoms with Gasteiger partial charge < -0.3 is 5.32 Å². The molecule has 0 saturated heterocycles. The predicted molar refractivity (Wildman–Crippen MR) is 105 cm³/mol. The van der Waals surface area contributed by atoms with Crippen LogP contribution in [0.3, 0.4) is 0 Å². The van der Waals surface area contributed by atoms with Gasteiger partial charge in [-0.2, -0.15) is 0 Å². The van der Waals surface area contributed by atoms with Crippen LogP contribution in [0.2, 0.25) is 0 Å². The van der Waals surface area contributed by atoms with Crippen LogP contribution in [-0.4, -0.2) is 21.1 Å². The Kier molecular flexibility index (Phi) is 4.38. The molecule has 2 aromatic carbocycles. The predicted octanol–water partition coefficient (Wildman–Crippen LogP) is 4.96. The summed E-state index contributed by atoms with van der Waals surface area (Å²) in [7, 11) is 0. The van der Waals surface area contributed by atoms with Gasteiger partial charge in [-0.25, -0.2) is 9.97 Å². The highest BCUT2D eigenvalue weighted by atomic mass is 32.2. The molecule has 4 aromatic rings. The molecule has 0 unspecified atom stereocenters. The third kappa shape index (κ3) is 3.23. The fraction of sp³-hybridized carbons (Fsp3) is 0.105. The summed E-state index contributed by atoms with van der Waals surface area (Å²) in [6, 6.07) is 15.9. The van der Waals surface area contributed by atoms with Gasteiger partial charge in [-0.3, -0.25) is 4.79 Å². The smallest absolute Gasteiger partial charge is 0.237 e. The number of thiophene rings is 1. The van der Waals surface area contributed by atoms with Crippen molar-refractivity contribution in [2.24, 2.45) is 0 Å². The molecule has 2 heterocycles. The zero-order valence-electron chi connectivity index (χ0n) is 13.5. The van der Waals surface area contributed by atoms with Crippen molar-refractivity contribution >= 4 is 55.7 Å². The maximum absolute atomic E-state index is 12.7. The minimum atomic E-state index is -0.267. The molecule has 4 nitrogen and oxygen atoms in total. The Morgan fingerprint density at radius 1 is 1.08 bits per heavy atom. The fourth-order valence-electron chi connectivity index (χ4n) is 2.65. The third-order valence-corrected chi connectivity index (χ3v) is 5.87. The van der Waals surface area contributed by atoms with E-state index >= 15 is 0 Å². The molecule has 0 aliphatic carbocycles. The Hall–Kier alpha value is -2.44. The van der Waals surface area contributed by atoms with Gasteiger partial charge in [0.05, 0.1) is 5.25 Å². The summed E-state index contributed by atoms with van der Waals surface area (Å²) in [4.78, 5) is 22.2. The molecule has 0 aliphatic heterocycles. The van der Waals surface area contributed by atoms with E-state index in [-0.39, 0.29) is 11.2 Å². The number of fused-ring (bicyclic) bond motifs is 2. The Balaban J connectivity index is 1.55. The van der Waals surface area contributed by atoms with Gasteiger partial charge in [0.2, 0.25) is 5.91 Å². The molecule has 0 bridgehead atoms. The minimum Gasteiger partial charge on any atom is -0.325 e. The Morgan fingerprint density at radius 2 is 1.92 bits per heavy atom. The number of anilines is 1. The van der Waals surface area contributed by atoms with Crippen molar-refractivity contribution in [1.82, 2.24) is 9.97 Å². The number of rotatable bonds is 4. The van der Waals surface area contributed by atoms with E-state index in [0.29, 0.717) is 0 Å². The standard InChI is InChI=1S/C19H15N3OS2/c1-12(25-19-15-9-10-24-18(15)20-11-21-19)17(23)22-16-8-4-6-13-5-2-3-7-14(13)16/h2-12H,1H3,(H,22,23)/t12-/m1/s1. The molecular formula is C19H15N3OS2. The van der Waals surface area contributed by atoms with Crippen LogP contribution >= 0.6 is 23.1 Å². The van der Waals surface area contributed by atoms with E-state index in [0.717, 1.165) is 31.7 Å². The molecule has 1 N–H and O–H groups in total. The van der Waals surface area contributed by atoms with Gasteiger partial charge in [0.25, 0.3) is 0 Å². The molecular weight excluding hydrogens is 350 g/mol. The monoisotopic (exact) mass is 365 g/mol. The quantitative estimate of drug-likeness (QED) is 0.410. The van der Waals surface area contributed by atoms with Crippen molar-refractivity contribution in [2.45, 2.75) is 17.2 Å². The van der Waals surface area contributed by atoms with Crippen LogP contribution in [0.1, 0.15) is 6.92 Å². The summed E-state index contributed by atoms with van der Waals surface area (Å²) < 4.78 is 0. The summed E-state index contributed by atoms with van der Waals surface area (Å²) >= 11 is 3.03. The Bertz CT molecular complexity index is 1060. The van der Waals surface area contributed by atoms with Crippen molar-refractivity contribution in [3.05, 3.63) is 60.2 Å². The van der Waals surface area contributed by atoms with Gasteiger partial charge in [-0.05, 0) is 29.8 Å². The Labute approximate surface area is 153 Å². The molecule has 1 amide bonds. The largest absolute Gasteiger partial charge is 0.325 e. The topological polar surface area (TPSA) is 54.9 Å². The van der Waals surface area contributed by atoms with Crippen LogP contribution in [0.25, 0.3) is 21.0 Å². The average molecular weight is 365 g/mol. The lowest BCUT2D eigenvalue weighted by Crippen LogP contribution is -2.22. The normalized spacial score (nSPS) is 12.4. The summed E-state index contributed by atoms with van der Waals surface area (Å²) in [5.74, 6) is -0.0386. The number of thioether (sulfide) groups is 1. The molecule has 0 fully saturated rings. The lowest BCUT2D eigenvalue weighted by Gasteiger charge is -2.13. The number of carbonyl (C=O) groups is 1. The number of hydrogen-bond acceptors (Lipinski definition) is 5. The molecule has 0 saturated carbocycles. The second-order valence-corrected chi connectivity index (χ2v) is 7.82. The highest BCUT2D eigenvalue weighted by molar-refractivity contribution is 8.00. The average Bonchev–Trinajstić information content (AvgIpc) is 3.12. The zero-order valence-corrected chi connectivity index (χ0v) is 15.1. The number of nitrogens with one attached hydrogen (secondary N) is 1. The van der Waals surface area contributed by atoms with Gasteiger partial charge in [0.15, 0.2) is 0 Å². The summed E-state index contributed by atoms with van der Waals surface area (Å²) in [6.45, 7) is 1.89. The first-order chi connectivity index (χ1) is 12.2. The van der Waals surface area contributed by atoms with Gasteiger partial charge in [0, 0.05) is 16.5 Å². The number of nitrogens with zero attached hydrogens (tertiary/aromatic N) is 2. The summed E-state index contributed by atoms with van der Waals surface area (Å²) in [6.07, 6.45) is 1.55. The molecule has 1 atom stereocenters. The lowest BCUT2D eigenvalue weighted by atomic mass is 10.1. The molecule has 124 valence electrons. The number of carbonyl (C=O) groups excluding carboxylic acids is 1. The van der Waals surface area contributed by atoms with Gasteiger partial charge in [0.1, 0.15) is 16.2 Å². The molecule has 6 heteroatoms. The Morgan fingerprint density at radius 3 is 2.84 bits per heavy atom. The van der Waals surface area contributed by atoms with E-state index < -0.39 is 0 Å². The zero-order chi connectivity index (χ0) is 17.2. The molecule has 0 spiro atoms. The third-order valence-electron chi connectivity index (χ3n) is 3.93. The van der Waals surface area contributed by atoms with E-state index in [1.807, 2.05) is 60.8 Å². The van der Waals surface area contributed by atoms with Crippen LogP contribution in [-0.2, 0) is 4.79 Å². The molecule has 2 aromatic heterocycles. The molecule has 25 heavy (non-hydrogen) atoms. The first-order valence-electron chi connectivity index (χ1n) is 7.86. The van der Waals surface area contributed by atoms with Gasteiger partial charge in [-0.15, -0.1) is 11.3 Å². The van der Waals surface area contributed by atoms with Crippen molar-refractivity contribution in [3.8, 4) is 0 Å². The van der Waals surface area contributed by atoms with Crippen molar-refractivity contribution in [2.75, 3.05) is 5.32 Å². The lowest BCUT2D eigenvalue weighted by molar-refractivity contribution is -0.115. The minimum absolute atomic E-state index is 0.0386. The molecule has 0 radical (unpaired) electrons. The second kappa shape index (κ2) is 6.82. The van der Waals surface area contributed by atoms with Gasteiger partial charge in [-0.1, -0.05) is 48.2 Å². The van der Waals surface area contributed by atoms with Crippen molar-refractivity contribution < 1.29 is 4.79 Å². The first-order valence-corrected chi connectivity index (χ1v) is 9.62. The SMILES string of the molecule is C[C@@H](Sc1ncnc2sccc12)C(=O)Nc1cccc2ccccc12. The van der Waals surface area contributed by atoms with Crippen LogP contribution in [0.15, 0.2) is 65.3 Å². The summed E-state index contributed by atoms with van der Waals surface area (Å²) in [5.41, 5.74) is 0.832. The number of hydrogen-bond donors (Lipinski definition) is 1. The van der Waals surface area contributed by atoms with Crippen molar-refractivity contribution in [1.29, 1.82) is 0 Å². The second-order valence-electron chi connectivity index (χ2n) is 5.59. The molecule has 4 rings (SSSR count). The van der Waals surface area contributed by atoms with E-state index in [9.17, 15) is 4.79 Å². The highest BCUT2D eigenvalue weighted by Crippen LogP contribution is 2.31. The van der Waals surface area contributed by atoms with Crippen LogP contribution in [0, 0.1) is 0 Å². The maximum Gasteiger partial charge on any atom is 0.237 e. The number of aromatic nitrogens is 2. The van der Waals surface area contributed by atoms with Crippen LogP contribution < -0.4 is 5.32 Å². The first kappa shape index (κ1) is 16.1. The highest BCUT2D eigenvalue weighted by Gasteiger charge is 2.18. The van der Waals surface area contributed by atoms with Crippen molar-refractivity contribution in [3.63, 3.8) is 0 Å². The van der Waals surface area contributed by atoms with E-state index in [4.69, 9.17) is 0 Å². The van der Waals surface area contributed by atoms with E-state index in [2.05, 4.69) is 15.3 Å². The number of amides is 1. The maximum atomic E-state index is 12.7. The van der Waals surface area contributed by atoms with E-state index in [1.165, 1.54) is 11.8 Å². The van der Waals surface area contributed by atoms with E-state index in [1.54, 1.807) is 17.7 Å². The molecule has 0 aliphatic rings. The van der Waals surface area contributed by atoms with Crippen LogP contribution in [0.4, 0.5) is 5.69 Å². The van der Waals surface area contributed by atoms with Gasteiger partial charge >= 0.3 is 0 Å². The summed E-state index contributed by atoms with van der Waals surface area (Å²) in [5, 5.41) is 8.76. The fourth-order valence-corrected chi connectivity index (χ4v) is 4.35.